The maximum absolute atomic E-state index is 8.85. The molecule has 61 heavy (non-hydrogen) atoms. The number of nitrogens with two attached hydrogens (primary N) is 1. The molecule has 0 fully saturated rings. The van der Waals surface area contributed by atoms with E-state index in [2.05, 4.69) is 176 Å². The summed E-state index contributed by atoms with van der Waals surface area (Å²) in [5, 5.41) is 14.9. The monoisotopic (exact) mass is 786 g/mol. The molecule has 0 spiro atoms. The van der Waals surface area contributed by atoms with Gasteiger partial charge < -0.3 is 14.9 Å². The highest BCUT2D eigenvalue weighted by Crippen LogP contribution is 2.49. The second-order valence-corrected chi connectivity index (χ2v) is 17.0. The third kappa shape index (κ3) is 5.70. The van der Waals surface area contributed by atoms with Crippen LogP contribution in [0.3, 0.4) is 0 Å². The molecule has 3 N–H and O–H groups in total. The number of allylic oxidation sites excluding steroid dienone is 1. The summed E-state index contributed by atoms with van der Waals surface area (Å²) < 4.78 is 4.77. The van der Waals surface area contributed by atoms with E-state index >= 15 is 0 Å². The average molecular weight is 787 g/mol. The van der Waals surface area contributed by atoms with E-state index in [1.54, 1.807) is 0 Å². The zero-order valence-corrected chi connectivity index (χ0v) is 34.7. The first-order valence-corrected chi connectivity index (χ1v) is 21.3. The molecule has 0 amide bonds. The molecular formula is C57H46N4. The first kappa shape index (κ1) is 36.6. The van der Waals surface area contributed by atoms with Crippen LogP contribution in [0.1, 0.15) is 59.3 Å². The zero-order chi connectivity index (χ0) is 41.4. The first-order chi connectivity index (χ1) is 29.8. The summed E-state index contributed by atoms with van der Waals surface area (Å²) in [6.07, 6.45) is 4.61. The molecule has 2 aromatic heterocycles. The number of benzene rings is 8. The quantitative estimate of drug-likeness (QED) is 0.135. The Balaban J connectivity index is 0.000000140. The van der Waals surface area contributed by atoms with Gasteiger partial charge in [0.1, 0.15) is 0 Å². The van der Waals surface area contributed by atoms with Crippen molar-refractivity contribution in [3.05, 3.63) is 221 Å². The van der Waals surface area contributed by atoms with Gasteiger partial charge in [-0.3, -0.25) is 5.41 Å². The van der Waals surface area contributed by atoms with Gasteiger partial charge in [0.2, 0.25) is 0 Å². The van der Waals surface area contributed by atoms with Crippen LogP contribution in [0.15, 0.2) is 182 Å². The molecular weight excluding hydrogens is 741 g/mol. The molecule has 294 valence electrons. The molecule has 10 aromatic rings. The molecule has 8 aromatic carbocycles. The summed E-state index contributed by atoms with van der Waals surface area (Å²) in [6, 6.07) is 62.3. The minimum atomic E-state index is -0.0192. The lowest BCUT2D eigenvalue weighted by Crippen LogP contribution is -2.15. The van der Waals surface area contributed by atoms with Crippen molar-refractivity contribution in [1.82, 2.24) is 9.13 Å². The molecule has 0 saturated heterocycles. The lowest BCUT2D eigenvalue weighted by molar-refractivity contribution is 0.660. The molecule has 4 heteroatoms. The maximum atomic E-state index is 8.85. The van der Waals surface area contributed by atoms with Crippen LogP contribution in [0.4, 0.5) is 5.69 Å². The minimum Gasteiger partial charge on any atom is -0.398 e. The summed E-state index contributed by atoms with van der Waals surface area (Å²) >= 11 is 0. The van der Waals surface area contributed by atoms with Crippen molar-refractivity contribution in [2.24, 2.45) is 7.05 Å². The number of nitrogens with one attached hydrogen (secondary N) is 1. The zero-order valence-electron chi connectivity index (χ0n) is 34.7. The Kier molecular flexibility index (Phi) is 8.47. The predicted octanol–water partition coefficient (Wildman–Crippen LogP) is 13.8. The summed E-state index contributed by atoms with van der Waals surface area (Å²) in [5.41, 5.74) is 24.9. The fraction of sp³-hybridized carbons (Fsp3) is 0.105. The van der Waals surface area contributed by atoms with E-state index in [1.165, 1.54) is 83.0 Å². The van der Waals surface area contributed by atoms with Gasteiger partial charge in [-0.1, -0.05) is 153 Å². The number of anilines is 1. The van der Waals surface area contributed by atoms with Gasteiger partial charge in [-0.25, -0.2) is 0 Å². The molecule has 4 nitrogen and oxygen atoms in total. The van der Waals surface area contributed by atoms with Crippen LogP contribution in [0.25, 0.3) is 65.9 Å². The molecule has 0 atom stereocenters. The van der Waals surface area contributed by atoms with Gasteiger partial charge in [-0.15, -0.1) is 0 Å². The van der Waals surface area contributed by atoms with Crippen LogP contribution in [0.5, 0.6) is 0 Å². The van der Waals surface area contributed by atoms with Crippen molar-refractivity contribution >= 4 is 60.5 Å². The molecule has 2 aliphatic rings. The van der Waals surface area contributed by atoms with E-state index < -0.39 is 0 Å². The van der Waals surface area contributed by atoms with Gasteiger partial charge in [0.25, 0.3) is 0 Å². The Morgan fingerprint density at radius 2 is 1.26 bits per heavy atom. The molecule has 0 aliphatic heterocycles. The summed E-state index contributed by atoms with van der Waals surface area (Å²) in [7, 11) is 2.21. The van der Waals surface area contributed by atoms with Gasteiger partial charge in [0.05, 0.1) is 16.7 Å². The van der Waals surface area contributed by atoms with Gasteiger partial charge >= 0.3 is 0 Å². The summed E-state index contributed by atoms with van der Waals surface area (Å²) in [5.74, 6) is 0. The minimum absolute atomic E-state index is 0.0192. The van der Waals surface area contributed by atoms with Crippen molar-refractivity contribution < 1.29 is 0 Å². The number of aromatic nitrogens is 2. The molecule has 0 radical (unpaired) electrons. The van der Waals surface area contributed by atoms with Gasteiger partial charge in [-0.2, -0.15) is 0 Å². The lowest BCUT2D eigenvalue weighted by atomic mass is 9.82. The van der Waals surface area contributed by atoms with Crippen molar-refractivity contribution in [3.8, 4) is 16.8 Å². The Hall–Kier alpha value is -7.43. The second-order valence-electron chi connectivity index (χ2n) is 17.0. The number of hydrogen-bond acceptors (Lipinski definition) is 2. The molecule has 0 saturated carbocycles. The highest BCUT2D eigenvalue weighted by atomic mass is 15.0. The number of para-hydroxylation sites is 3. The summed E-state index contributed by atoms with van der Waals surface area (Å²) in [6.45, 7) is 4.54. The number of nitrogens with zero attached hydrogens (tertiary/aromatic N) is 2. The largest absolute Gasteiger partial charge is 0.398 e. The van der Waals surface area contributed by atoms with E-state index in [9.17, 15) is 0 Å². The number of aryl methyl sites for hydroxylation is 1. The fourth-order valence-corrected chi connectivity index (χ4v) is 10.3. The third-order valence-corrected chi connectivity index (χ3v) is 13.3. The van der Waals surface area contributed by atoms with Crippen LogP contribution >= 0.6 is 0 Å². The van der Waals surface area contributed by atoms with Crippen molar-refractivity contribution in [2.45, 2.75) is 32.1 Å². The SMILES string of the molecule is CC1(C)c2ccccc2-c2cc(C(=N)c3ccc4ccccc4c3N)ccc21.Cn1c2c(c3ccccc31)C(c1ccc3c(c1)c1ccccc1n3-c1ccccc1)=CCC2. The van der Waals surface area contributed by atoms with Crippen LogP contribution in [-0.2, 0) is 18.9 Å². The van der Waals surface area contributed by atoms with Crippen LogP contribution in [0, 0.1) is 5.41 Å². The number of fused-ring (bicyclic) bond motifs is 10. The Labute approximate surface area is 356 Å². The smallest absolute Gasteiger partial charge is 0.0705 e. The van der Waals surface area contributed by atoms with Gasteiger partial charge in [0, 0.05) is 73.3 Å². The fourth-order valence-electron chi connectivity index (χ4n) is 10.3. The molecule has 0 unspecified atom stereocenters. The highest BCUT2D eigenvalue weighted by molar-refractivity contribution is 6.18. The Morgan fingerprint density at radius 1 is 0.590 bits per heavy atom. The van der Waals surface area contributed by atoms with Crippen LogP contribution < -0.4 is 5.73 Å². The number of hydrogen-bond donors (Lipinski definition) is 2. The van der Waals surface area contributed by atoms with Crippen molar-refractivity contribution in [3.63, 3.8) is 0 Å². The lowest BCUT2D eigenvalue weighted by Gasteiger charge is -2.21. The molecule has 2 heterocycles. The maximum Gasteiger partial charge on any atom is 0.0705 e. The van der Waals surface area contributed by atoms with Crippen LogP contribution in [-0.4, -0.2) is 14.8 Å². The van der Waals surface area contributed by atoms with Crippen LogP contribution in [0.2, 0.25) is 0 Å². The number of rotatable bonds is 4. The van der Waals surface area contributed by atoms with E-state index in [0.717, 1.165) is 34.7 Å². The van der Waals surface area contributed by atoms with Gasteiger partial charge in [0.15, 0.2) is 0 Å². The average Bonchev–Trinajstić information content (AvgIpc) is 3.88. The predicted molar refractivity (Wildman–Crippen MR) is 257 cm³/mol. The first-order valence-electron chi connectivity index (χ1n) is 21.3. The topological polar surface area (TPSA) is 59.7 Å². The molecule has 2 aliphatic carbocycles. The van der Waals surface area contributed by atoms with E-state index in [0.29, 0.717) is 11.4 Å². The second kappa shape index (κ2) is 14.1. The Morgan fingerprint density at radius 3 is 2.10 bits per heavy atom. The van der Waals surface area contributed by atoms with E-state index in [-0.39, 0.29) is 5.41 Å². The molecule has 12 rings (SSSR count). The van der Waals surface area contributed by atoms with Crippen molar-refractivity contribution in [1.29, 1.82) is 5.41 Å². The van der Waals surface area contributed by atoms with E-state index in [4.69, 9.17) is 11.1 Å². The highest BCUT2D eigenvalue weighted by Gasteiger charge is 2.35. The Bertz CT molecular complexity index is 3430. The standard InChI is InChI=1S/C31H24N2.C26H22N2/c1-32-27-15-7-6-13-25(27)31-23(14-9-17-30(31)32)21-18-19-29-26(20-21)24-12-5-8-16-28(24)33(29)22-10-3-2-4-11-22;1-26(2)22-10-6-5-9-19(22)21-15-17(12-14-23(21)26)24(27)20-13-11-16-7-3-4-8-18(16)25(20)28/h2-8,10-16,18-20H,9,17H2,1H3;3-15,27H,28H2,1-2H3. The normalized spacial score (nSPS) is 13.7. The summed E-state index contributed by atoms with van der Waals surface area (Å²) in [4.78, 5) is 0. The van der Waals surface area contributed by atoms with Crippen molar-refractivity contribution in [2.75, 3.05) is 5.73 Å². The number of nitrogen functional groups attached to an aromatic ring is 1. The third-order valence-electron chi connectivity index (χ3n) is 13.3. The van der Waals surface area contributed by atoms with E-state index in [1.807, 2.05) is 36.4 Å². The van der Waals surface area contributed by atoms with Gasteiger partial charge in [-0.05, 0) is 94.1 Å². The molecule has 0 bridgehead atoms.